The first-order valence-corrected chi connectivity index (χ1v) is 12.6. The number of rotatable bonds is 5. The van der Waals surface area contributed by atoms with Gasteiger partial charge in [-0.1, -0.05) is 60.3 Å². The second-order valence-electron chi connectivity index (χ2n) is 9.00. The zero-order chi connectivity index (χ0) is 23.8. The molecular weight excluding hydrogens is 456 g/mol. The second kappa shape index (κ2) is 9.13. The third-order valence-corrected chi connectivity index (χ3v) is 7.73. The maximum Gasteiger partial charge on any atom is 0.138 e. The summed E-state index contributed by atoms with van der Waals surface area (Å²) < 4.78 is 7.51. The van der Waals surface area contributed by atoms with Crippen molar-refractivity contribution >= 4 is 28.3 Å². The van der Waals surface area contributed by atoms with Crippen molar-refractivity contribution in [1.82, 2.24) is 9.38 Å². The molecule has 5 nitrogen and oxygen atoms in total. The van der Waals surface area contributed by atoms with Crippen LogP contribution in [0.25, 0.3) is 27.7 Å². The molecule has 0 saturated carbocycles. The molecule has 0 unspecified atom stereocenters. The molecule has 0 amide bonds. The largest absolute Gasteiger partial charge is 0.390 e. The molecule has 2 N–H and O–H groups in total. The second-order valence-corrected chi connectivity index (χ2v) is 10.1. The van der Waals surface area contributed by atoms with Gasteiger partial charge in [0.2, 0.25) is 0 Å². The maximum absolute atomic E-state index is 11.1. The molecule has 5 aromatic rings. The molecule has 3 aromatic carbocycles. The number of fused-ring (bicyclic) bond motifs is 3. The topological polar surface area (TPSA) is 67.0 Å². The van der Waals surface area contributed by atoms with Gasteiger partial charge in [0.15, 0.2) is 0 Å². The zero-order valence-corrected chi connectivity index (χ0v) is 20.0. The van der Waals surface area contributed by atoms with Gasteiger partial charge in [0.25, 0.3) is 0 Å². The average Bonchev–Trinajstić information content (AvgIpc) is 3.33. The number of imidazole rings is 1. The Morgan fingerprint density at radius 2 is 1.71 bits per heavy atom. The lowest BCUT2D eigenvalue weighted by molar-refractivity contribution is -0.0680. The van der Waals surface area contributed by atoms with Crippen LogP contribution in [-0.4, -0.2) is 32.8 Å². The highest BCUT2D eigenvalue weighted by atomic mass is 32.2. The number of pyridine rings is 1. The van der Waals surface area contributed by atoms with E-state index in [2.05, 4.69) is 57.9 Å². The Balaban J connectivity index is 1.43. The summed E-state index contributed by atoms with van der Waals surface area (Å²) in [5, 5.41) is 22.0. The van der Waals surface area contributed by atoms with Gasteiger partial charge in [-0.3, -0.25) is 4.40 Å². The molecule has 1 saturated heterocycles. The highest BCUT2D eigenvalue weighted by molar-refractivity contribution is 7.99. The fraction of sp³-hybridized carbons (Fsp3) is 0.207. The number of aromatic nitrogens is 2. The fourth-order valence-corrected chi connectivity index (χ4v) is 5.78. The van der Waals surface area contributed by atoms with Crippen LogP contribution in [0.15, 0.2) is 94.9 Å². The van der Waals surface area contributed by atoms with Crippen molar-refractivity contribution in [3.63, 3.8) is 0 Å². The van der Waals surface area contributed by atoms with Gasteiger partial charge < -0.3 is 14.9 Å². The van der Waals surface area contributed by atoms with Gasteiger partial charge in [0.05, 0.1) is 23.4 Å². The number of benzene rings is 3. The van der Waals surface area contributed by atoms with E-state index in [1.54, 1.807) is 11.8 Å². The van der Waals surface area contributed by atoms with Crippen molar-refractivity contribution in [2.75, 3.05) is 13.2 Å². The fourth-order valence-electron chi connectivity index (χ4n) is 4.86. The minimum Gasteiger partial charge on any atom is -0.390 e. The molecule has 6 rings (SSSR count). The van der Waals surface area contributed by atoms with Gasteiger partial charge in [-0.2, -0.15) is 0 Å². The van der Waals surface area contributed by atoms with Crippen LogP contribution >= 0.6 is 11.8 Å². The highest BCUT2D eigenvalue weighted by Gasteiger charge is 2.31. The van der Waals surface area contributed by atoms with Crippen molar-refractivity contribution in [2.24, 2.45) is 0 Å². The van der Waals surface area contributed by atoms with Crippen LogP contribution in [0.1, 0.15) is 24.1 Å². The van der Waals surface area contributed by atoms with E-state index < -0.39 is 5.60 Å². The standard InChI is InChI=1S/C29H26N2O3S/c32-19-22-18-31-27-16-24(35-23-8-4-7-21(15-23)29(33)11-13-34-14-12-29)9-10-25(27)26(17-28(31)30-22)20-5-2-1-3-6-20/h1-10,15-18,32-33H,11-14,19H2. The molecule has 0 radical (unpaired) electrons. The Morgan fingerprint density at radius 3 is 2.51 bits per heavy atom. The zero-order valence-electron chi connectivity index (χ0n) is 19.2. The minimum absolute atomic E-state index is 0.0982. The summed E-state index contributed by atoms with van der Waals surface area (Å²) in [6.45, 7) is 1.07. The van der Waals surface area contributed by atoms with Crippen LogP contribution in [0.5, 0.6) is 0 Å². The van der Waals surface area contributed by atoms with Gasteiger partial charge in [-0.25, -0.2) is 4.98 Å². The van der Waals surface area contributed by atoms with Gasteiger partial charge in [-0.05, 0) is 47.0 Å². The van der Waals surface area contributed by atoms with Gasteiger partial charge in [-0.15, -0.1) is 0 Å². The van der Waals surface area contributed by atoms with E-state index in [-0.39, 0.29) is 6.61 Å². The Morgan fingerprint density at radius 1 is 0.914 bits per heavy atom. The number of ether oxygens (including phenoxy) is 1. The number of aliphatic hydroxyl groups excluding tert-OH is 1. The lowest BCUT2D eigenvalue weighted by Crippen LogP contribution is -2.33. The first kappa shape index (κ1) is 22.3. The molecule has 0 bridgehead atoms. The van der Waals surface area contributed by atoms with Crippen molar-refractivity contribution < 1.29 is 14.9 Å². The third-order valence-electron chi connectivity index (χ3n) is 6.75. The highest BCUT2D eigenvalue weighted by Crippen LogP contribution is 2.38. The summed E-state index contributed by atoms with van der Waals surface area (Å²) in [5.74, 6) is 0. The van der Waals surface area contributed by atoms with Gasteiger partial charge in [0.1, 0.15) is 5.65 Å². The summed E-state index contributed by atoms with van der Waals surface area (Å²) in [5.41, 5.74) is 4.86. The summed E-state index contributed by atoms with van der Waals surface area (Å²) in [7, 11) is 0. The molecule has 2 aromatic heterocycles. The van der Waals surface area contributed by atoms with Crippen molar-refractivity contribution in [3.8, 4) is 11.1 Å². The summed E-state index contributed by atoms with van der Waals surface area (Å²) in [6.07, 6.45) is 3.14. The molecule has 35 heavy (non-hydrogen) atoms. The molecule has 176 valence electrons. The first-order chi connectivity index (χ1) is 17.1. The maximum atomic E-state index is 11.1. The smallest absolute Gasteiger partial charge is 0.138 e. The van der Waals surface area contributed by atoms with Gasteiger partial charge in [0, 0.05) is 47.4 Å². The molecule has 0 aliphatic carbocycles. The van der Waals surface area contributed by atoms with Crippen LogP contribution in [0.3, 0.4) is 0 Å². The van der Waals surface area contributed by atoms with Gasteiger partial charge >= 0.3 is 0 Å². The molecule has 3 heterocycles. The molecule has 6 heteroatoms. The normalized spacial score (nSPS) is 15.6. The van der Waals surface area contributed by atoms with Crippen LogP contribution < -0.4 is 0 Å². The number of hydrogen-bond acceptors (Lipinski definition) is 5. The Kier molecular flexibility index (Phi) is 5.82. The van der Waals surface area contributed by atoms with Crippen LogP contribution in [0.4, 0.5) is 0 Å². The van der Waals surface area contributed by atoms with Crippen molar-refractivity contribution in [2.45, 2.75) is 34.8 Å². The Hall–Kier alpha value is -3.16. The molecule has 1 aliphatic rings. The number of hydrogen-bond donors (Lipinski definition) is 2. The minimum atomic E-state index is -0.827. The lowest BCUT2D eigenvalue weighted by Gasteiger charge is -2.32. The van der Waals surface area contributed by atoms with E-state index in [4.69, 9.17) is 4.74 Å². The molecule has 0 spiro atoms. The summed E-state index contributed by atoms with van der Waals surface area (Å²) in [6, 6.07) is 27.1. The average molecular weight is 483 g/mol. The summed E-state index contributed by atoms with van der Waals surface area (Å²) in [4.78, 5) is 6.80. The molecular formula is C29H26N2O3S. The van der Waals surface area contributed by atoms with E-state index in [0.717, 1.165) is 43.0 Å². The monoisotopic (exact) mass is 482 g/mol. The molecule has 1 fully saturated rings. The Labute approximate surface area is 208 Å². The third kappa shape index (κ3) is 4.23. The van der Waals surface area contributed by atoms with Crippen LogP contribution in [-0.2, 0) is 16.9 Å². The molecule has 1 aliphatic heterocycles. The summed E-state index contributed by atoms with van der Waals surface area (Å²) >= 11 is 1.68. The number of nitrogens with zero attached hydrogens (tertiary/aromatic N) is 2. The Bertz CT molecular complexity index is 1510. The van der Waals surface area contributed by atoms with Crippen LogP contribution in [0, 0.1) is 0 Å². The number of aliphatic hydroxyl groups is 2. The predicted molar refractivity (Wildman–Crippen MR) is 139 cm³/mol. The van der Waals surface area contributed by atoms with Crippen molar-refractivity contribution in [3.05, 3.63) is 96.3 Å². The predicted octanol–water partition coefficient (Wildman–Crippen LogP) is 5.80. The molecule has 0 atom stereocenters. The lowest BCUT2D eigenvalue weighted by atomic mass is 9.87. The van der Waals surface area contributed by atoms with Crippen molar-refractivity contribution in [1.29, 1.82) is 0 Å². The first-order valence-electron chi connectivity index (χ1n) is 11.8. The van der Waals surface area contributed by atoms with E-state index in [0.29, 0.717) is 31.7 Å². The van der Waals surface area contributed by atoms with E-state index >= 15 is 0 Å². The SMILES string of the molecule is OCc1cn2c(cc(-c3ccccc3)c3ccc(Sc4cccc(C5(O)CCOCC5)c4)cc32)n1. The quantitative estimate of drug-likeness (QED) is 0.332. The van der Waals surface area contributed by atoms with E-state index in [1.165, 1.54) is 0 Å². The van der Waals surface area contributed by atoms with Crippen LogP contribution in [0.2, 0.25) is 0 Å². The van der Waals surface area contributed by atoms with E-state index in [9.17, 15) is 10.2 Å². The van der Waals surface area contributed by atoms with E-state index in [1.807, 2.05) is 36.5 Å².